The molecule has 4 bridgehead atoms. The lowest BCUT2D eigenvalue weighted by atomic mass is 9.78. The molecule has 0 unspecified atom stereocenters. The Morgan fingerprint density at radius 2 is 0.913 bits per heavy atom. The molecule has 2 saturated heterocycles. The van der Waals surface area contributed by atoms with Crippen molar-refractivity contribution in [1.29, 1.82) is 0 Å². The van der Waals surface area contributed by atoms with Crippen LogP contribution in [0.25, 0.3) is 0 Å². The molecule has 8 heteroatoms. The van der Waals surface area contributed by atoms with Crippen molar-refractivity contribution in [2.24, 2.45) is 47.3 Å². The number of imide groups is 2. The van der Waals surface area contributed by atoms with Crippen molar-refractivity contribution in [3.8, 4) is 0 Å². The molecule has 0 aromatic heterocycles. The molecular weight excluding hydrogens is 578 g/mol. The monoisotopic (exact) mass is 607 g/mol. The quantitative estimate of drug-likeness (QED) is 0.351. The van der Waals surface area contributed by atoms with Crippen LogP contribution in [-0.4, -0.2) is 29.5 Å². The number of nitrogens with zero attached hydrogens (tertiary/aromatic N) is 2. The largest absolute Gasteiger partial charge is 0.334 e. The molecule has 7 aliphatic rings. The molecule has 10 rings (SSSR count). The average Bonchev–Trinajstić information content (AvgIpc) is 3.94. The van der Waals surface area contributed by atoms with E-state index in [1.165, 1.54) is 9.80 Å². The Hall–Kier alpha value is -5.11. The summed E-state index contributed by atoms with van der Waals surface area (Å²) in [6, 6.07) is 22.0. The van der Waals surface area contributed by atoms with Gasteiger partial charge in [-0.3, -0.25) is 33.8 Å². The minimum absolute atomic E-state index is 0.129. The van der Waals surface area contributed by atoms with Gasteiger partial charge in [-0.15, -0.1) is 0 Å². The van der Waals surface area contributed by atoms with Gasteiger partial charge >= 0.3 is 0 Å². The first-order chi connectivity index (χ1) is 22.4. The SMILES string of the molecule is O=C1NC(c2ccc(N3C(=O)[C@@H]4[C@H](C3=O)[C@H]3C=C[C@H]4C3)cc2)(c2ccc(N3C(=O)[C@@H]4[C@H](C3=O)[C@H]3C=C[C@H]4C3)cc2)c2ccccc21. The van der Waals surface area contributed by atoms with Crippen LogP contribution in [0, 0.1) is 47.3 Å². The summed E-state index contributed by atoms with van der Waals surface area (Å²) in [4.78, 5) is 70.0. The van der Waals surface area contributed by atoms with E-state index in [0.717, 1.165) is 29.5 Å². The number of nitrogens with one attached hydrogen (secondary N) is 1. The summed E-state index contributed by atoms with van der Waals surface area (Å²) < 4.78 is 0. The first-order valence-corrected chi connectivity index (χ1v) is 16.1. The lowest BCUT2D eigenvalue weighted by Gasteiger charge is -2.33. The van der Waals surface area contributed by atoms with Crippen molar-refractivity contribution >= 4 is 40.9 Å². The maximum absolute atomic E-state index is 13.5. The Labute approximate surface area is 264 Å². The molecule has 5 amide bonds. The smallest absolute Gasteiger partial charge is 0.252 e. The van der Waals surface area contributed by atoms with Gasteiger partial charge in [0.2, 0.25) is 23.6 Å². The summed E-state index contributed by atoms with van der Waals surface area (Å²) in [6.07, 6.45) is 10.1. The van der Waals surface area contributed by atoms with Crippen LogP contribution in [0.2, 0.25) is 0 Å². The van der Waals surface area contributed by atoms with Crippen LogP contribution >= 0.6 is 0 Å². The average molecular weight is 608 g/mol. The zero-order valence-electron chi connectivity index (χ0n) is 24.7. The number of fused-ring (bicyclic) bond motifs is 11. The van der Waals surface area contributed by atoms with Gasteiger partial charge in [0.1, 0.15) is 5.54 Å². The highest BCUT2D eigenvalue weighted by molar-refractivity contribution is 6.23. The zero-order valence-corrected chi connectivity index (χ0v) is 24.7. The molecule has 3 aromatic rings. The van der Waals surface area contributed by atoms with E-state index in [0.29, 0.717) is 16.9 Å². The topological polar surface area (TPSA) is 104 Å². The Kier molecular flexibility index (Phi) is 4.99. The van der Waals surface area contributed by atoms with E-state index in [1.807, 2.05) is 42.5 Å². The summed E-state index contributed by atoms with van der Waals surface area (Å²) in [5.74, 6) is -1.38. The van der Waals surface area contributed by atoms with Crippen LogP contribution in [0.4, 0.5) is 11.4 Å². The lowest BCUT2D eigenvalue weighted by molar-refractivity contribution is -0.124. The number of carbonyl (C=O) groups excluding carboxylic acids is 5. The summed E-state index contributed by atoms with van der Waals surface area (Å²) in [7, 11) is 0. The second kappa shape index (κ2) is 8.78. The van der Waals surface area contributed by atoms with E-state index in [-0.39, 0.29) is 76.9 Å². The number of anilines is 2. The Morgan fingerprint density at radius 1 is 0.522 bits per heavy atom. The van der Waals surface area contributed by atoms with Crippen LogP contribution in [-0.2, 0) is 24.7 Å². The van der Waals surface area contributed by atoms with Crippen LogP contribution in [0.3, 0.4) is 0 Å². The molecule has 0 spiro atoms. The van der Waals surface area contributed by atoms with E-state index < -0.39 is 5.54 Å². The fourth-order valence-corrected chi connectivity index (χ4v) is 9.97. The van der Waals surface area contributed by atoms with E-state index in [4.69, 9.17) is 0 Å². The highest BCUT2D eigenvalue weighted by Gasteiger charge is 2.61. The minimum atomic E-state index is -1.07. The van der Waals surface area contributed by atoms with Gasteiger partial charge in [0.25, 0.3) is 5.91 Å². The third-order valence-electron chi connectivity index (χ3n) is 11.9. The lowest BCUT2D eigenvalue weighted by Crippen LogP contribution is -2.41. The van der Waals surface area contributed by atoms with Crippen molar-refractivity contribution < 1.29 is 24.0 Å². The van der Waals surface area contributed by atoms with E-state index in [1.54, 1.807) is 30.3 Å². The summed E-state index contributed by atoms with van der Waals surface area (Å²) in [6.45, 7) is 0. The van der Waals surface area contributed by atoms with Gasteiger partial charge in [0.05, 0.1) is 35.0 Å². The van der Waals surface area contributed by atoms with Crippen molar-refractivity contribution in [3.63, 3.8) is 0 Å². The molecular formula is C38H29N3O5. The predicted molar refractivity (Wildman–Crippen MR) is 167 cm³/mol. The molecule has 1 N–H and O–H groups in total. The predicted octanol–water partition coefficient (Wildman–Crippen LogP) is 4.34. The Bertz CT molecular complexity index is 1820. The van der Waals surface area contributed by atoms with Gasteiger partial charge in [-0.25, -0.2) is 0 Å². The number of rotatable bonds is 4. The van der Waals surface area contributed by atoms with Gasteiger partial charge in [-0.2, -0.15) is 0 Å². The molecule has 4 fully saturated rings. The molecule has 3 aromatic carbocycles. The van der Waals surface area contributed by atoms with Gasteiger partial charge in [-0.1, -0.05) is 66.8 Å². The number of carbonyl (C=O) groups is 5. The number of benzene rings is 3. The van der Waals surface area contributed by atoms with Crippen molar-refractivity contribution in [1.82, 2.24) is 5.32 Å². The maximum Gasteiger partial charge on any atom is 0.252 e. The summed E-state index contributed by atoms with van der Waals surface area (Å²) >= 11 is 0. The van der Waals surface area contributed by atoms with Crippen molar-refractivity contribution in [2.45, 2.75) is 18.4 Å². The number of allylic oxidation sites excluding steroid dienone is 4. The highest BCUT2D eigenvalue weighted by Crippen LogP contribution is 2.55. The van der Waals surface area contributed by atoms with E-state index >= 15 is 0 Å². The molecule has 8 nitrogen and oxygen atoms in total. The van der Waals surface area contributed by atoms with Crippen molar-refractivity contribution in [3.05, 3.63) is 119 Å². The van der Waals surface area contributed by atoms with Crippen molar-refractivity contribution in [2.75, 3.05) is 9.80 Å². The third kappa shape index (κ3) is 3.07. The first-order valence-electron chi connectivity index (χ1n) is 16.1. The van der Waals surface area contributed by atoms with Crippen LogP contribution in [0.15, 0.2) is 97.1 Å². The Morgan fingerprint density at radius 3 is 1.33 bits per heavy atom. The highest BCUT2D eigenvalue weighted by atomic mass is 16.2. The summed E-state index contributed by atoms with van der Waals surface area (Å²) in [5.41, 5.74) is 2.82. The van der Waals surface area contributed by atoms with Crippen LogP contribution < -0.4 is 15.1 Å². The molecule has 8 atom stereocenters. The molecule has 2 saturated carbocycles. The minimum Gasteiger partial charge on any atom is -0.334 e. The van der Waals surface area contributed by atoms with Crippen LogP contribution in [0.1, 0.15) is 39.9 Å². The normalized spacial score (nSPS) is 33.8. The maximum atomic E-state index is 13.5. The number of hydrogen-bond donors (Lipinski definition) is 1. The van der Waals surface area contributed by atoms with Gasteiger partial charge < -0.3 is 5.32 Å². The number of amides is 5. The second-order valence-corrected chi connectivity index (χ2v) is 13.9. The van der Waals surface area contributed by atoms with E-state index in [9.17, 15) is 24.0 Å². The Balaban J connectivity index is 1.02. The first kappa shape index (κ1) is 26.1. The molecule has 4 aliphatic carbocycles. The van der Waals surface area contributed by atoms with Crippen LogP contribution in [0.5, 0.6) is 0 Å². The van der Waals surface area contributed by atoms with E-state index in [2.05, 4.69) is 29.6 Å². The second-order valence-electron chi connectivity index (χ2n) is 13.9. The standard InChI is InChI=1S/C38H29N3O5/c42-33-27-3-1-2-4-28(27)38(39-33,23-9-13-25(14-10-23)40-34(43)29-19-5-6-20(17-19)30(29)35(40)44)24-11-15-26(16-12-24)41-36(45)31-21-7-8-22(18-21)32(31)37(41)46/h1-16,19-22,29-32H,17-18H2,(H,39,42)/t19-,20-,21-,22-,29-,30+,31-,32+/m0/s1. The molecule has 46 heavy (non-hydrogen) atoms. The molecule has 226 valence electrons. The third-order valence-corrected chi connectivity index (χ3v) is 11.9. The number of hydrogen-bond acceptors (Lipinski definition) is 5. The molecule has 3 aliphatic heterocycles. The zero-order chi connectivity index (χ0) is 31.1. The van der Waals surface area contributed by atoms with Gasteiger partial charge in [0, 0.05) is 5.56 Å². The fourth-order valence-electron chi connectivity index (χ4n) is 9.97. The molecule has 3 heterocycles. The fraction of sp³-hybridized carbons (Fsp3) is 0.289. The summed E-state index contributed by atoms with van der Waals surface area (Å²) in [5, 5.41) is 3.23. The molecule has 0 radical (unpaired) electrons. The van der Waals surface area contributed by atoms with Gasteiger partial charge in [-0.05, 0) is 83.5 Å². The van der Waals surface area contributed by atoms with Gasteiger partial charge in [0.15, 0.2) is 0 Å².